The van der Waals surface area contributed by atoms with Gasteiger partial charge in [0.15, 0.2) is 0 Å². The molecule has 0 saturated heterocycles. The van der Waals surface area contributed by atoms with Crippen LogP contribution in [-0.2, 0) is 15.6 Å². The Balaban J connectivity index is 2.31. The molecule has 3 nitrogen and oxygen atoms in total. The zero-order valence-corrected chi connectivity index (χ0v) is 11.4. The van der Waals surface area contributed by atoms with Crippen LogP contribution in [0.15, 0.2) is 28.7 Å². The molecule has 0 radical (unpaired) electrons. The third kappa shape index (κ3) is 2.47. The molecule has 0 atom stereocenters. The monoisotopic (exact) mass is 303 g/mol. The van der Waals surface area contributed by atoms with Crippen LogP contribution in [0.4, 0.5) is 0 Å². The van der Waals surface area contributed by atoms with Crippen LogP contribution in [0.5, 0.6) is 0 Å². The van der Waals surface area contributed by atoms with E-state index >= 15 is 0 Å². The van der Waals surface area contributed by atoms with E-state index in [0.29, 0.717) is 0 Å². The van der Waals surface area contributed by atoms with Crippen molar-refractivity contribution in [3.8, 4) is 0 Å². The fourth-order valence-corrected chi connectivity index (χ4v) is 3.40. The Morgan fingerprint density at radius 2 is 1.81 bits per heavy atom. The molecule has 1 saturated carbocycles. The summed E-state index contributed by atoms with van der Waals surface area (Å²) in [6.07, 6.45) is 4.04. The van der Waals surface area contributed by atoms with Gasteiger partial charge in [0.05, 0.1) is 11.8 Å². The first kappa shape index (κ1) is 12.1. The third-order valence-corrected chi connectivity index (χ3v) is 4.27. The lowest BCUT2D eigenvalue weighted by Crippen LogP contribution is -2.50. The van der Waals surface area contributed by atoms with Gasteiger partial charge in [-0.15, -0.1) is 0 Å². The first-order valence-electron chi connectivity index (χ1n) is 5.16. The maximum absolute atomic E-state index is 11.4. The van der Waals surface area contributed by atoms with Crippen LogP contribution in [0.2, 0.25) is 0 Å². The zero-order chi connectivity index (χ0) is 11.8. The van der Waals surface area contributed by atoms with Crippen molar-refractivity contribution in [2.75, 3.05) is 6.26 Å². The molecule has 0 heterocycles. The highest BCUT2D eigenvalue weighted by molar-refractivity contribution is 9.10. The summed E-state index contributed by atoms with van der Waals surface area (Å²) in [5.41, 5.74) is 0.682. The molecular weight excluding hydrogens is 290 g/mol. The molecule has 0 bridgehead atoms. The van der Waals surface area contributed by atoms with Crippen LogP contribution in [0, 0.1) is 0 Å². The summed E-state index contributed by atoms with van der Waals surface area (Å²) in [5, 5.41) is 0. The molecule has 1 aliphatic rings. The van der Waals surface area contributed by atoms with Crippen LogP contribution in [0.25, 0.3) is 0 Å². The maximum atomic E-state index is 11.4. The van der Waals surface area contributed by atoms with Crippen molar-refractivity contribution < 1.29 is 8.42 Å². The topological polar surface area (TPSA) is 46.2 Å². The van der Waals surface area contributed by atoms with Crippen molar-refractivity contribution in [2.24, 2.45) is 0 Å². The zero-order valence-electron chi connectivity index (χ0n) is 9.03. The Kier molecular flexibility index (Phi) is 3.11. The van der Waals surface area contributed by atoms with Crippen molar-refractivity contribution in [2.45, 2.75) is 24.8 Å². The van der Waals surface area contributed by atoms with Crippen molar-refractivity contribution in [3.63, 3.8) is 0 Å². The van der Waals surface area contributed by atoms with Gasteiger partial charge in [-0.2, -0.15) is 0 Å². The quantitative estimate of drug-likeness (QED) is 0.932. The van der Waals surface area contributed by atoms with Gasteiger partial charge < -0.3 is 0 Å². The molecule has 1 N–H and O–H groups in total. The van der Waals surface area contributed by atoms with Crippen LogP contribution in [-0.4, -0.2) is 14.7 Å². The smallest absolute Gasteiger partial charge is 0.209 e. The molecule has 1 aliphatic carbocycles. The summed E-state index contributed by atoms with van der Waals surface area (Å²) in [6, 6.07) is 7.83. The van der Waals surface area contributed by atoms with Gasteiger partial charge in [0.25, 0.3) is 0 Å². The number of hydrogen-bond donors (Lipinski definition) is 1. The summed E-state index contributed by atoms with van der Waals surface area (Å²) >= 11 is 3.37. The van der Waals surface area contributed by atoms with Gasteiger partial charge in [-0.3, -0.25) is 0 Å². The Hall–Kier alpha value is -0.390. The largest absolute Gasteiger partial charge is 0.213 e. The molecule has 0 amide bonds. The predicted molar refractivity (Wildman–Crippen MR) is 67.7 cm³/mol. The summed E-state index contributed by atoms with van der Waals surface area (Å²) in [7, 11) is -3.16. The number of rotatable bonds is 3. The normalized spacial score (nSPS) is 19.1. The van der Waals surface area contributed by atoms with E-state index in [1.165, 1.54) is 6.26 Å². The lowest BCUT2D eigenvalue weighted by Gasteiger charge is -2.42. The van der Waals surface area contributed by atoms with E-state index in [2.05, 4.69) is 20.7 Å². The minimum atomic E-state index is -3.16. The fourth-order valence-electron chi connectivity index (χ4n) is 2.10. The van der Waals surface area contributed by atoms with Crippen LogP contribution in [0.1, 0.15) is 24.8 Å². The lowest BCUT2D eigenvalue weighted by atomic mass is 9.73. The molecule has 0 aliphatic heterocycles. The van der Waals surface area contributed by atoms with Gasteiger partial charge in [0.2, 0.25) is 10.0 Å². The fraction of sp³-hybridized carbons (Fsp3) is 0.455. The molecule has 2 rings (SSSR count). The van der Waals surface area contributed by atoms with Gasteiger partial charge in [-0.05, 0) is 37.0 Å². The molecule has 16 heavy (non-hydrogen) atoms. The van der Waals surface area contributed by atoms with E-state index in [9.17, 15) is 8.42 Å². The second-order valence-electron chi connectivity index (χ2n) is 4.32. The molecule has 1 aromatic carbocycles. The van der Waals surface area contributed by atoms with Gasteiger partial charge in [0.1, 0.15) is 0 Å². The third-order valence-electron chi connectivity index (χ3n) is 2.98. The van der Waals surface area contributed by atoms with E-state index in [1.807, 2.05) is 24.3 Å². The van der Waals surface area contributed by atoms with Gasteiger partial charge >= 0.3 is 0 Å². The number of sulfonamides is 1. The van der Waals surface area contributed by atoms with Gasteiger partial charge in [-0.25, -0.2) is 13.1 Å². The van der Waals surface area contributed by atoms with E-state index in [4.69, 9.17) is 0 Å². The summed E-state index contributed by atoms with van der Waals surface area (Å²) in [6.45, 7) is 0. The van der Waals surface area contributed by atoms with E-state index < -0.39 is 10.0 Å². The first-order valence-corrected chi connectivity index (χ1v) is 7.85. The van der Waals surface area contributed by atoms with E-state index in [-0.39, 0.29) is 5.54 Å². The molecule has 1 aromatic rings. The molecule has 0 spiro atoms. The second kappa shape index (κ2) is 4.13. The van der Waals surface area contributed by atoms with E-state index in [1.54, 1.807) is 0 Å². The van der Waals surface area contributed by atoms with Crippen molar-refractivity contribution >= 4 is 26.0 Å². The minimum Gasteiger partial charge on any atom is -0.213 e. The average Bonchev–Trinajstić information content (AvgIpc) is 2.11. The molecule has 1 fully saturated rings. The highest BCUT2D eigenvalue weighted by atomic mass is 79.9. The molecular formula is C11H14BrNO2S. The Morgan fingerprint density at radius 3 is 2.19 bits per heavy atom. The van der Waals surface area contributed by atoms with Crippen molar-refractivity contribution in [1.82, 2.24) is 4.72 Å². The average molecular weight is 304 g/mol. The summed E-state index contributed by atoms with van der Waals surface area (Å²) < 4.78 is 26.5. The van der Waals surface area contributed by atoms with Crippen molar-refractivity contribution in [1.29, 1.82) is 0 Å². The van der Waals surface area contributed by atoms with E-state index in [0.717, 1.165) is 29.3 Å². The second-order valence-corrected chi connectivity index (χ2v) is 6.98. The summed E-state index contributed by atoms with van der Waals surface area (Å²) in [4.78, 5) is 0. The number of benzene rings is 1. The van der Waals surface area contributed by atoms with Crippen LogP contribution in [0.3, 0.4) is 0 Å². The van der Waals surface area contributed by atoms with Crippen LogP contribution >= 0.6 is 15.9 Å². The Morgan fingerprint density at radius 1 is 1.25 bits per heavy atom. The molecule has 0 unspecified atom stereocenters. The highest BCUT2D eigenvalue weighted by Gasteiger charge is 2.40. The van der Waals surface area contributed by atoms with Crippen molar-refractivity contribution in [3.05, 3.63) is 34.3 Å². The highest BCUT2D eigenvalue weighted by Crippen LogP contribution is 2.41. The molecule has 0 aromatic heterocycles. The Bertz CT molecular complexity index is 477. The summed E-state index contributed by atoms with van der Waals surface area (Å²) in [5.74, 6) is 0. The first-order chi connectivity index (χ1) is 7.41. The van der Waals surface area contributed by atoms with Crippen LogP contribution < -0.4 is 4.72 Å². The molecule has 5 heteroatoms. The standard InChI is InChI=1S/C11H14BrNO2S/c1-16(14,15)13-11(7-2-8-11)9-3-5-10(12)6-4-9/h3-6,13H,2,7-8H2,1H3. The minimum absolute atomic E-state index is 0.367. The SMILES string of the molecule is CS(=O)(=O)NC1(c2ccc(Br)cc2)CCC1. The predicted octanol–water partition coefficient (Wildman–Crippen LogP) is 2.38. The maximum Gasteiger partial charge on any atom is 0.209 e. The van der Waals surface area contributed by atoms with Gasteiger partial charge in [0, 0.05) is 4.47 Å². The number of hydrogen-bond acceptors (Lipinski definition) is 2. The molecule has 88 valence electrons. The number of nitrogens with one attached hydrogen (secondary N) is 1. The van der Waals surface area contributed by atoms with Gasteiger partial charge in [-0.1, -0.05) is 28.1 Å². The lowest BCUT2D eigenvalue weighted by molar-refractivity contribution is 0.225. The number of halogens is 1. The Labute approximate surface area is 104 Å².